The summed E-state index contributed by atoms with van der Waals surface area (Å²) in [6.45, 7) is 3.16. The summed E-state index contributed by atoms with van der Waals surface area (Å²) in [6, 6.07) is 7.85. The molecular weight excluding hydrogens is 314 g/mol. The van der Waals surface area contributed by atoms with Gasteiger partial charge in [-0.15, -0.1) is 0 Å². The van der Waals surface area contributed by atoms with E-state index in [1.807, 2.05) is 38.4 Å². The number of piperidine rings is 1. The lowest BCUT2D eigenvalue weighted by Crippen LogP contribution is -2.58. The van der Waals surface area contributed by atoms with Gasteiger partial charge >= 0.3 is 0 Å². The summed E-state index contributed by atoms with van der Waals surface area (Å²) >= 11 is 0. The van der Waals surface area contributed by atoms with Crippen molar-refractivity contribution >= 4 is 11.6 Å². The Kier molecular flexibility index (Phi) is 5.52. The first-order valence-corrected chi connectivity index (χ1v) is 9.39. The monoisotopic (exact) mass is 345 g/mol. The molecule has 5 heteroatoms. The van der Waals surface area contributed by atoms with E-state index in [0.29, 0.717) is 0 Å². The van der Waals surface area contributed by atoms with E-state index in [0.717, 1.165) is 43.3 Å². The summed E-state index contributed by atoms with van der Waals surface area (Å²) in [7, 11) is 5.36. The van der Waals surface area contributed by atoms with E-state index in [2.05, 4.69) is 10.2 Å². The highest BCUT2D eigenvalue weighted by Gasteiger charge is 2.42. The minimum absolute atomic E-state index is 0.165. The van der Waals surface area contributed by atoms with E-state index in [1.165, 1.54) is 25.8 Å². The van der Waals surface area contributed by atoms with Gasteiger partial charge in [0.2, 0.25) is 5.91 Å². The Morgan fingerprint density at radius 3 is 2.60 bits per heavy atom. The van der Waals surface area contributed by atoms with Crippen molar-refractivity contribution in [2.75, 3.05) is 46.2 Å². The smallest absolute Gasteiger partial charge is 0.247 e. The van der Waals surface area contributed by atoms with E-state index in [9.17, 15) is 4.79 Å². The number of hydrogen-bond acceptors (Lipinski definition) is 4. The zero-order chi connectivity index (χ0) is 17.9. The summed E-state index contributed by atoms with van der Waals surface area (Å²) in [5, 5.41) is 3.55. The van der Waals surface area contributed by atoms with Gasteiger partial charge in [-0.1, -0.05) is 12.5 Å². The lowest BCUT2D eigenvalue weighted by molar-refractivity contribution is -0.135. The second-order valence-electron chi connectivity index (χ2n) is 7.74. The SMILES string of the molecule is COc1cccc(NC2(C(=O)N(C)C)CCN(CC3CCC3)CC2)c1. The van der Waals surface area contributed by atoms with Gasteiger partial charge in [-0.3, -0.25) is 4.79 Å². The zero-order valence-electron chi connectivity index (χ0n) is 15.8. The average Bonchev–Trinajstić information content (AvgIpc) is 2.59. The Morgan fingerprint density at radius 2 is 2.04 bits per heavy atom. The van der Waals surface area contributed by atoms with Gasteiger partial charge < -0.3 is 19.9 Å². The molecule has 0 aromatic heterocycles. The van der Waals surface area contributed by atoms with Gasteiger partial charge in [-0.05, 0) is 43.7 Å². The number of anilines is 1. The van der Waals surface area contributed by atoms with Gasteiger partial charge in [0.1, 0.15) is 11.3 Å². The minimum atomic E-state index is -0.522. The van der Waals surface area contributed by atoms with E-state index in [4.69, 9.17) is 4.74 Å². The van der Waals surface area contributed by atoms with E-state index < -0.39 is 5.54 Å². The van der Waals surface area contributed by atoms with E-state index in [-0.39, 0.29) is 5.91 Å². The number of benzene rings is 1. The van der Waals surface area contributed by atoms with Crippen LogP contribution in [-0.4, -0.2) is 62.1 Å². The molecule has 0 radical (unpaired) electrons. The van der Waals surface area contributed by atoms with Crippen LogP contribution in [0.5, 0.6) is 5.75 Å². The summed E-state index contributed by atoms with van der Waals surface area (Å²) < 4.78 is 5.32. The molecule has 2 aliphatic rings. The van der Waals surface area contributed by atoms with E-state index >= 15 is 0 Å². The molecule has 1 aromatic carbocycles. The lowest BCUT2D eigenvalue weighted by atomic mass is 9.82. The molecule has 2 fully saturated rings. The second kappa shape index (κ2) is 7.65. The number of likely N-dealkylation sites (N-methyl/N-ethyl adjacent to an activating group) is 1. The Bertz CT molecular complexity index is 590. The first kappa shape index (κ1) is 18.1. The van der Waals surface area contributed by atoms with Crippen LogP contribution in [0.3, 0.4) is 0 Å². The van der Waals surface area contributed by atoms with Crippen LogP contribution < -0.4 is 10.1 Å². The Morgan fingerprint density at radius 1 is 1.32 bits per heavy atom. The molecule has 25 heavy (non-hydrogen) atoms. The highest BCUT2D eigenvalue weighted by atomic mass is 16.5. The number of nitrogens with zero attached hydrogens (tertiary/aromatic N) is 2. The number of likely N-dealkylation sites (tertiary alicyclic amines) is 1. The third-order valence-electron chi connectivity index (χ3n) is 5.72. The van der Waals surface area contributed by atoms with Crippen molar-refractivity contribution in [2.24, 2.45) is 5.92 Å². The maximum absolute atomic E-state index is 13.0. The Labute approximate surface area is 151 Å². The van der Waals surface area contributed by atoms with Crippen LogP contribution in [0.15, 0.2) is 24.3 Å². The van der Waals surface area contributed by atoms with Crippen LogP contribution in [0.25, 0.3) is 0 Å². The molecule has 3 rings (SSSR count). The van der Waals surface area contributed by atoms with E-state index in [1.54, 1.807) is 12.0 Å². The predicted molar refractivity (Wildman–Crippen MR) is 101 cm³/mol. The van der Waals surface area contributed by atoms with Gasteiger partial charge in [-0.2, -0.15) is 0 Å². The predicted octanol–water partition coefficient (Wildman–Crippen LogP) is 2.83. The molecule has 1 heterocycles. The van der Waals surface area contributed by atoms with Crippen molar-refractivity contribution in [1.82, 2.24) is 9.80 Å². The topological polar surface area (TPSA) is 44.8 Å². The zero-order valence-corrected chi connectivity index (χ0v) is 15.8. The first-order valence-electron chi connectivity index (χ1n) is 9.39. The second-order valence-corrected chi connectivity index (χ2v) is 7.74. The van der Waals surface area contributed by atoms with Crippen LogP contribution in [-0.2, 0) is 4.79 Å². The van der Waals surface area contributed by atoms with Crippen molar-refractivity contribution in [3.8, 4) is 5.75 Å². The minimum Gasteiger partial charge on any atom is -0.497 e. The third kappa shape index (κ3) is 4.09. The number of carbonyl (C=O) groups excluding carboxylic acids is 1. The van der Waals surface area contributed by atoms with Gasteiger partial charge in [0.15, 0.2) is 0 Å². The molecule has 1 saturated carbocycles. The summed E-state index contributed by atoms with van der Waals surface area (Å²) in [6.07, 6.45) is 5.82. The highest BCUT2D eigenvalue weighted by molar-refractivity contribution is 5.89. The maximum Gasteiger partial charge on any atom is 0.247 e. The number of ether oxygens (including phenoxy) is 1. The van der Waals surface area contributed by atoms with Gasteiger partial charge in [0, 0.05) is 45.5 Å². The molecule has 1 amide bonds. The summed E-state index contributed by atoms with van der Waals surface area (Å²) in [5.74, 6) is 1.85. The Hall–Kier alpha value is -1.75. The number of methoxy groups -OCH3 is 1. The third-order valence-corrected chi connectivity index (χ3v) is 5.72. The molecule has 138 valence electrons. The fraction of sp³-hybridized carbons (Fsp3) is 0.650. The maximum atomic E-state index is 13.0. The van der Waals surface area contributed by atoms with Crippen molar-refractivity contribution in [2.45, 2.75) is 37.6 Å². The van der Waals surface area contributed by atoms with Crippen molar-refractivity contribution in [3.05, 3.63) is 24.3 Å². The summed E-state index contributed by atoms with van der Waals surface area (Å²) in [5.41, 5.74) is 0.424. The number of hydrogen-bond donors (Lipinski definition) is 1. The van der Waals surface area contributed by atoms with Gasteiger partial charge in [0.25, 0.3) is 0 Å². The largest absolute Gasteiger partial charge is 0.497 e. The lowest BCUT2D eigenvalue weighted by Gasteiger charge is -2.44. The molecule has 1 saturated heterocycles. The molecular formula is C20H31N3O2. The molecule has 0 spiro atoms. The van der Waals surface area contributed by atoms with Crippen molar-refractivity contribution in [3.63, 3.8) is 0 Å². The van der Waals surface area contributed by atoms with Crippen molar-refractivity contribution < 1.29 is 9.53 Å². The molecule has 0 unspecified atom stereocenters. The number of carbonyl (C=O) groups is 1. The fourth-order valence-corrected chi connectivity index (χ4v) is 3.96. The van der Waals surface area contributed by atoms with Crippen LogP contribution in [0.4, 0.5) is 5.69 Å². The molecule has 1 aliphatic carbocycles. The number of nitrogens with one attached hydrogen (secondary N) is 1. The average molecular weight is 345 g/mol. The molecule has 1 aromatic rings. The standard InChI is InChI=1S/C20H31N3O2/c1-22(2)19(24)20(21-17-8-5-9-18(14-17)25-3)10-12-23(13-11-20)15-16-6-4-7-16/h5,8-9,14,16,21H,4,6-7,10-13,15H2,1-3H3. The molecule has 1 aliphatic heterocycles. The normalized spacial score (nSPS) is 20.6. The molecule has 0 atom stereocenters. The number of rotatable bonds is 6. The first-order chi connectivity index (χ1) is 12.0. The molecule has 0 bridgehead atoms. The highest BCUT2D eigenvalue weighted by Crippen LogP contribution is 2.33. The van der Waals surface area contributed by atoms with Crippen LogP contribution >= 0.6 is 0 Å². The van der Waals surface area contributed by atoms with Crippen LogP contribution in [0.1, 0.15) is 32.1 Å². The number of amides is 1. The quantitative estimate of drug-likeness (QED) is 0.861. The van der Waals surface area contributed by atoms with Crippen LogP contribution in [0, 0.1) is 5.92 Å². The Balaban J connectivity index is 1.71. The van der Waals surface area contributed by atoms with Gasteiger partial charge in [-0.25, -0.2) is 0 Å². The fourth-order valence-electron chi connectivity index (χ4n) is 3.96. The van der Waals surface area contributed by atoms with Gasteiger partial charge in [0.05, 0.1) is 7.11 Å². The molecule has 5 nitrogen and oxygen atoms in total. The van der Waals surface area contributed by atoms with Crippen molar-refractivity contribution in [1.29, 1.82) is 0 Å². The van der Waals surface area contributed by atoms with Crippen LogP contribution in [0.2, 0.25) is 0 Å². The molecule has 1 N–H and O–H groups in total. The summed E-state index contributed by atoms with van der Waals surface area (Å²) in [4.78, 5) is 17.2.